The van der Waals surface area contributed by atoms with Gasteiger partial charge >= 0.3 is 5.97 Å². The molecule has 1 heterocycles. The van der Waals surface area contributed by atoms with Gasteiger partial charge in [0.2, 0.25) is 0 Å². The van der Waals surface area contributed by atoms with Crippen molar-refractivity contribution >= 4 is 11.8 Å². The zero-order chi connectivity index (χ0) is 13.1. The number of hydrogen-bond acceptors (Lipinski definition) is 4. The van der Waals surface area contributed by atoms with Gasteiger partial charge in [0.1, 0.15) is 11.6 Å². The van der Waals surface area contributed by atoms with Crippen molar-refractivity contribution in [1.82, 2.24) is 9.97 Å². The summed E-state index contributed by atoms with van der Waals surface area (Å²) in [5.41, 5.74) is 0.981. The van der Waals surface area contributed by atoms with Gasteiger partial charge in [-0.1, -0.05) is 6.92 Å². The molecule has 1 fully saturated rings. The first kappa shape index (κ1) is 12.8. The molecule has 5 nitrogen and oxygen atoms in total. The molecule has 1 atom stereocenters. The number of nitrogens with one attached hydrogen (secondary N) is 1. The SMILES string of the molecule is CCc1cc(NC(CC(=O)O)C2CC2)nc(C)n1. The number of nitrogens with zero attached hydrogens (tertiary/aromatic N) is 2. The van der Waals surface area contributed by atoms with Crippen LogP contribution in [0.5, 0.6) is 0 Å². The van der Waals surface area contributed by atoms with Crippen molar-refractivity contribution in [2.24, 2.45) is 5.92 Å². The first-order valence-corrected chi connectivity index (χ1v) is 6.41. The van der Waals surface area contributed by atoms with Gasteiger partial charge in [0.15, 0.2) is 0 Å². The van der Waals surface area contributed by atoms with E-state index < -0.39 is 5.97 Å². The molecule has 2 rings (SSSR count). The number of aromatic nitrogens is 2. The van der Waals surface area contributed by atoms with Gasteiger partial charge in [0.25, 0.3) is 0 Å². The maximum atomic E-state index is 10.8. The molecule has 5 heteroatoms. The Morgan fingerprint density at radius 3 is 2.83 bits per heavy atom. The summed E-state index contributed by atoms with van der Waals surface area (Å²) >= 11 is 0. The van der Waals surface area contributed by atoms with Crippen molar-refractivity contribution in [3.05, 3.63) is 17.6 Å². The molecule has 1 aliphatic rings. The Hall–Kier alpha value is -1.65. The van der Waals surface area contributed by atoms with Gasteiger partial charge in [0.05, 0.1) is 6.42 Å². The van der Waals surface area contributed by atoms with E-state index in [0.717, 1.165) is 36.6 Å². The molecule has 1 aromatic rings. The fraction of sp³-hybridized carbons (Fsp3) is 0.615. The topological polar surface area (TPSA) is 75.1 Å². The molecule has 1 aliphatic carbocycles. The lowest BCUT2D eigenvalue weighted by atomic mass is 10.1. The zero-order valence-electron chi connectivity index (χ0n) is 10.8. The summed E-state index contributed by atoms with van der Waals surface area (Å²) in [6.45, 7) is 3.90. The van der Waals surface area contributed by atoms with Gasteiger partial charge in [-0.25, -0.2) is 9.97 Å². The van der Waals surface area contributed by atoms with E-state index in [2.05, 4.69) is 15.3 Å². The summed E-state index contributed by atoms with van der Waals surface area (Å²) in [6.07, 6.45) is 3.21. The Morgan fingerprint density at radius 2 is 2.28 bits per heavy atom. The number of hydrogen-bond donors (Lipinski definition) is 2. The molecule has 0 radical (unpaired) electrons. The van der Waals surface area contributed by atoms with Gasteiger partial charge in [-0.3, -0.25) is 4.79 Å². The molecular formula is C13H19N3O2. The molecule has 0 aromatic carbocycles. The third-order valence-electron chi connectivity index (χ3n) is 3.17. The van der Waals surface area contributed by atoms with Crippen LogP contribution in [-0.4, -0.2) is 27.1 Å². The van der Waals surface area contributed by atoms with Crippen LogP contribution in [0.2, 0.25) is 0 Å². The summed E-state index contributed by atoms with van der Waals surface area (Å²) in [7, 11) is 0. The summed E-state index contributed by atoms with van der Waals surface area (Å²) in [5, 5.41) is 12.2. The van der Waals surface area contributed by atoms with Crippen LogP contribution in [0.15, 0.2) is 6.07 Å². The Morgan fingerprint density at radius 1 is 1.56 bits per heavy atom. The third-order valence-corrected chi connectivity index (χ3v) is 3.17. The van der Waals surface area contributed by atoms with Crippen molar-refractivity contribution in [3.63, 3.8) is 0 Å². The van der Waals surface area contributed by atoms with Gasteiger partial charge in [0, 0.05) is 17.8 Å². The van der Waals surface area contributed by atoms with Crippen molar-refractivity contribution < 1.29 is 9.90 Å². The second kappa shape index (κ2) is 5.33. The van der Waals surface area contributed by atoms with E-state index in [1.807, 2.05) is 19.9 Å². The van der Waals surface area contributed by atoms with E-state index in [1.54, 1.807) is 0 Å². The van der Waals surface area contributed by atoms with E-state index in [0.29, 0.717) is 5.92 Å². The molecule has 0 bridgehead atoms. The summed E-state index contributed by atoms with van der Waals surface area (Å²) in [4.78, 5) is 19.5. The maximum absolute atomic E-state index is 10.8. The van der Waals surface area contributed by atoms with Crippen LogP contribution in [0, 0.1) is 12.8 Å². The molecule has 0 saturated heterocycles. The maximum Gasteiger partial charge on any atom is 0.305 e. The van der Waals surface area contributed by atoms with Crippen molar-refractivity contribution in [3.8, 4) is 0 Å². The highest BCUT2D eigenvalue weighted by molar-refractivity contribution is 5.68. The molecule has 2 N–H and O–H groups in total. The molecule has 98 valence electrons. The third kappa shape index (κ3) is 3.42. The van der Waals surface area contributed by atoms with E-state index >= 15 is 0 Å². The van der Waals surface area contributed by atoms with E-state index in [4.69, 9.17) is 5.11 Å². The van der Waals surface area contributed by atoms with Crippen molar-refractivity contribution in [2.75, 3.05) is 5.32 Å². The van der Waals surface area contributed by atoms with Gasteiger partial charge in [-0.2, -0.15) is 0 Å². The zero-order valence-corrected chi connectivity index (χ0v) is 10.8. The van der Waals surface area contributed by atoms with Crippen LogP contribution in [0.1, 0.15) is 37.7 Å². The molecular weight excluding hydrogens is 230 g/mol. The quantitative estimate of drug-likeness (QED) is 0.806. The van der Waals surface area contributed by atoms with Gasteiger partial charge in [-0.05, 0) is 32.1 Å². The van der Waals surface area contributed by atoms with Crippen LogP contribution in [0.25, 0.3) is 0 Å². The number of carboxylic acids is 1. The van der Waals surface area contributed by atoms with Gasteiger partial charge in [-0.15, -0.1) is 0 Å². The number of carbonyl (C=O) groups is 1. The summed E-state index contributed by atoms with van der Waals surface area (Å²) < 4.78 is 0. The minimum atomic E-state index is -0.763. The van der Waals surface area contributed by atoms with Crippen LogP contribution in [0.3, 0.4) is 0 Å². The molecule has 1 unspecified atom stereocenters. The number of rotatable bonds is 6. The van der Waals surface area contributed by atoms with E-state index in [-0.39, 0.29) is 12.5 Å². The summed E-state index contributed by atoms with van der Waals surface area (Å²) in [5.74, 6) is 1.18. The fourth-order valence-electron chi connectivity index (χ4n) is 2.10. The second-order valence-corrected chi connectivity index (χ2v) is 4.83. The number of aliphatic carboxylic acids is 1. The largest absolute Gasteiger partial charge is 0.481 e. The van der Waals surface area contributed by atoms with Crippen molar-refractivity contribution in [2.45, 2.75) is 45.6 Å². The van der Waals surface area contributed by atoms with Crippen LogP contribution < -0.4 is 5.32 Å². The predicted molar refractivity (Wildman–Crippen MR) is 68.5 cm³/mol. The molecule has 1 saturated carbocycles. The van der Waals surface area contributed by atoms with E-state index in [1.165, 1.54) is 0 Å². The lowest BCUT2D eigenvalue weighted by Crippen LogP contribution is -2.26. The highest BCUT2D eigenvalue weighted by atomic mass is 16.4. The van der Waals surface area contributed by atoms with Crippen LogP contribution >= 0.6 is 0 Å². The molecule has 0 spiro atoms. The van der Waals surface area contributed by atoms with E-state index in [9.17, 15) is 4.79 Å². The number of anilines is 1. The molecule has 1 aromatic heterocycles. The number of aryl methyl sites for hydroxylation is 2. The summed E-state index contributed by atoms with van der Waals surface area (Å²) in [6, 6.07) is 1.89. The highest BCUT2D eigenvalue weighted by Crippen LogP contribution is 2.35. The Labute approximate surface area is 107 Å². The Bertz CT molecular complexity index is 444. The predicted octanol–water partition coefficient (Wildman–Crippen LogP) is 2.01. The van der Waals surface area contributed by atoms with Gasteiger partial charge < -0.3 is 10.4 Å². The molecule has 0 amide bonds. The van der Waals surface area contributed by atoms with Crippen LogP contribution in [0.4, 0.5) is 5.82 Å². The average Bonchev–Trinajstić information content (AvgIpc) is 3.10. The number of carboxylic acid groups (broad SMARTS) is 1. The smallest absolute Gasteiger partial charge is 0.305 e. The first-order chi connectivity index (χ1) is 8.58. The minimum Gasteiger partial charge on any atom is -0.481 e. The highest BCUT2D eigenvalue weighted by Gasteiger charge is 2.32. The fourth-order valence-corrected chi connectivity index (χ4v) is 2.10. The monoisotopic (exact) mass is 249 g/mol. The lowest BCUT2D eigenvalue weighted by Gasteiger charge is -2.17. The van der Waals surface area contributed by atoms with Crippen LogP contribution in [-0.2, 0) is 11.2 Å². The second-order valence-electron chi connectivity index (χ2n) is 4.83. The molecule has 18 heavy (non-hydrogen) atoms. The molecule has 0 aliphatic heterocycles. The Balaban J connectivity index is 2.10. The standard InChI is InChI=1S/C13H19N3O2/c1-3-10-6-12(15-8(2)14-10)16-11(7-13(17)18)9-4-5-9/h6,9,11H,3-5,7H2,1-2H3,(H,17,18)(H,14,15,16). The Kier molecular flexibility index (Phi) is 3.79. The minimum absolute atomic E-state index is 0.0125. The average molecular weight is 249 g/mol. The lowest BCUT2D eigenvalue weighted by molar-refractivity contribution is -0.137. The first-order valence-electron chi connectivity index (χ1n) is 6.41. The normalized spacial score (nSPS) is 16.3. The van der Waals surface area contributed by atoms with Crippen molar-refractivity contribution in [1.29, 1.82) is 0 Å².